The number of halogens is 1. The van der Waals surface area contributed by atoms with Crippen molar-refractivity contribution in [2.45, 2.75) is 32.7 Å². The third-order valence-electron chi connectivity index (χ3n) is 3.95. The van der Waals surface area contributed by atoms with Crippen LogP contribution in [-0.2, 0) is 6.42 Å². The van der Waals surface area contributed by atoms with Gasteiger partial charge in [-0.2, -0.15) is 0 Å². The minimum Gasteiger partial charge on any atom is -0.324 e. The molecule has 1 aliphatic carbocycles. The Balaban J connectivity index is 2.08. The van der Waals surface area contributed by atoms with Gasteiger partial charge in [0.1, 0.15) is 0 Å². The summed E-state index contributed by atoms with van der Waals surface area (Å²) in [5.74, 6) is 0. The maximum absolute atomic E-state index is 6.30. The maximum Gasteiger partial charge on any atom is 0.0453 e. The second-order valence-corrected chi connectivity index (χ2v) is 6.65. The topological polar surface area (TPSA) is 30.9 Å². The predicted molar refractivity (Wildman–Crippen MR) is 79.8 cm³/mol. The van der Waals surface area contributed by atoms with Crippen molar-refractivity contribution in [3.05, 3.63) is 52.8 Å². The lowest BCUT2D eigenvalue weighted by Crippen LogP contribution is -2.30. The number of hydrogen-bond donors (Lipinski definition) is 1. The molecule has 0 bridgehead atoms. The van der Waals surface area contributed by atoms with Gasteiger partial charge in [0.15, 0.2) is 0 Å². The molecule has 3 heteroatoms. The van der Waals surface area contributed by atoms with Crippen LogP contribution in [0.3, 0.4) is 0 Å². The number of nitrogens with zero attached hydrogens (tertiary/aromatic N) is 1. The summed E-state index contributed by atoms with van der Waals surface area (Å²) in [5, 5.41) is 0.766. The molecule has 2 aromatic rings. The molecule has 1 atom stereocenters. The van der Waals surface area contributed by atoms with E-state index in [0.717, 1.165) is 23.6 Å². The van der Waals surface area contributed by atoms with Crippen LogP contribution in [0.2, 0.25) is 5.02 Å². The van der Waals surface area contributed by atoms with E-state index in [1.807, 2.05) is 12.1 Å². The molecule has 100 valence electrons. The minimum atomic E-state index is 0.146. The van der Waals surface area contributed by atoms with E-state index in [2.05, 4.69) is 42.8 Å². The first-order valence-electron chi connectivity index (χ1n) is 6.68. The van der Waals surface area contributed by atoms with Crippen molar-refractivity contribution in [2.75, 3.05) is 0 Å². The third-order valence-corrected chi connectivity index (χ3v) is 4.20. The van der Waals surface area contributed by atoms with Gasteiger partial charge >= 0.3 is 0 Å². The molecule has 0 fully saturated rings. The molecule has 0 saturated heterocycles. The van der Waals surface area contributed by atoms with Gasteiger partial charge in [0.05, 0.1) is 0 Å². The van der Waals surface area contributed by atoms with E-state index in [4.69, 9.17) is 17.3 Å². The highest BCUT2D eigenvalue weighted by atomic mass is 35.5. The van der Waals surface area contributed by atoms with E-state index in [9.17, 15) is 0 Å². The Bertz CT molecular complexity index is 596. The monoisotopic (exact) mass is 274 g/mol. The van der Waals surface area contributed by atoms with Gasteiger partial charge in [0, 0.05) is 28.6 Å². The molecular weight excluding hydrogens is 256 g/mol. The Kier molecular flexibility index (Phi) is 2.95. The Morgan fingerprint density at radius 3 is 2.58 bits per heavy atom. The van der Waals surface area contributed by atoms with Crippen LogP contribution in [0.15, 0.2) is 36.5 Å². The number of rotatable bonds is 1. The quantitative estimate of drug-likeness (QED) is 0.834. The zero-order valence-electron chi connectivity index (χ0n) is 11.4. The number of fused-ring (bicyclic) bond motifs is 1. The first-order chi connectivity index (χ1) is 8.96. The van der Waals surface area contributed by atoms with Crippen LogP contribution in [0.25, 0.3) is 5.69 Å². The molecule has 2 N–H and O–H groups in total. The van der Waals surface area contributed by atoms with Crippen molar-refractivity contribution < 1.29 is 0 Å². The van der Waals surface area contributed by atoms with Crippen LogP contribution < -0.4 is 5.73 Å². The van der Waals surface area contributed by atoms with E-state index < -0.39 is 0 Å². The summed E-state index contributed by atoms with van der Waals surface area (Å²) in [6, 6.07) is 10.3. The number of hydrogen-bond acceptors (Lipinski definition) is 1. The molecule has 0 radical (unpaired) electrons. The lowest BCUT2D eigenvalue weighted by atomic mass is 9.74. The Morgan fingerprint density at radius 2 is 1.89 bits per heavy atom. The largest absolute Gasteiger partial charge is 0.324 e. The van der Waals surface area contributed by atoms with Gasteiger partial charge in [0.2, 0.25) is 0 Å². The average Bonchev–Trinajstić information content (AvgIpc) is 2.72. The Hall–Kier alpha value is -1.25. The normalized spacial score (nSPS) is 21.2. The van der Waals surface area contributed by atoms with Crippen LogP contribution in [0.1, 0.15) is 37.6 Å². The lowest BCUT2D eigenvalue weighted by Gasteiger charge is -2.34. The first kappa shape index (κ1) is 12.8. The van der Waals surface area contributed by atoms with Crippen molar-refractivity contribution >= 4 is 11.6 Å². The van der Waals surface area contributed by atoms with E-state index in [1.54, 1.807) is 0 Å². The molecular formula is C16H19ClN2. The summed E-state index contributed by atoms with van der Waals surface area (Å²) in [6.45, 7) is 4.57. The molecule has 1 aliphatic rings. The van der Waals surface area contributed by atoms with Gasteiger partial charge < -0.3 is 10.3 Å². The van der Waals surface area contributed by atoms with Gasteiger partial charge in [-0.15, -0.1) is 0 Å². The molecule has 19 heavy (non-hydrogen) atoms. The SMILES string of the molecule is CC1(C)Cc2c(ccn2-c2ccc(Cl)cc2)C(N)C1. The number of benzene rings is 1. The molecule has 1 aromatic carbocycles. The highest BCUT2D eigenvalue weighted by Crippen LogP contribution is 2.40. The van der Waals surface area contributed by atoms with Gasteiger partial charge in [-0.25, -0.2) is 0 Å². The molecule has 0 amide bonds. The van der Waals surface area contributed by atoms with Gasteiger partial charge in [0.25, 0.3) is 0 Å². The second kappa shape index (κ2) is 4.39. The fourth-order valence-electron chi connectivity index (χ4n) is 3.08. The molecule has 0 saturated carbocycles. The highest BCUT2D eigenvalue weighted by molar-refractivity contribution is 6.30. The first-order valence-corrected chi connectivity index (χ1v) is 7.06. The smallest absolute Gasteiger partial charge is 0.0453 e. The molecule has 1 unspecified atom stereocenters. The summed E-state index contributed by atoms with van der Waals surface area (Å²) in [5.41, 5.74) is 10.3. The number of aromatic nitrogens is 1. The van der Waals surface area contributed by atoms with Crippen molar-refractivity contribution in [1.82, 2.24) is 4.57 Å². The van der Waals surface area contributed by atoms with Crippen LogP contribution in [0.4, 0.5) is 0 Å². The summed E-state index contributed by atoms with van der Waals surface area (Å²) < 4.78 is 2.24. The van der Waals surface area contributed by atoms with Crippen LogP contribution >= 0.6 is 11.6 Å². The van der Waals surface area contributed by atoms with E-state index in [0.29, 0.717) is 0 Å². The van der Waals surface area contributed by atoms with Crippen LogP contribution in [0.5, 0.6) is 0 Å². The lowest BCUT2D eigenvalue weighted by molar-refractivity contribution is 0.278. The minimum absolute atomic E-state index is 0.146. The summed E-state index contributed by atoms with van der Waals surface area (Å²) in [4.78, 5) is 0. The van der Waals surface area contributed by atoms with E-state index in [1.165, 1.54) is 11.3 Å². The third kappa shape index (κ3) is 2.31. The predicted octanol–water partition coefficient (Wildman–Crippen LogP) is 4.10. The fraction of sp³-hybridized carbons (Fsp3) is 0.375. The second-order valence-electron chi connectivity index (χ2n) is 6.22. The fourth-order valence-corrected chi connectivity index (χ4v) is 3.21. The molecule has 0 spiro atoms. The van der Waals surface area contributed by atoms with Crippen LogP contribution in [0, 0.1) is 5.41 Å². The highest BCUT2D eigenvalue weighted by Gasteiger charge is 2.32. The van der Waals surface area contributed by atoms with Crippen molar-refractivity contribution in [3.8, 4) is 5.69 Å². The molecule has 1 aromatic heterocycles. The average molecular weight is 275 g/mol. The zero-order valence-corrected chi connectivity index (χ0v) is 12.1. The van der Waals surface area contributed by atoms with Gasteiger partial charge in [-0.3, -0.25) is 0 Å². The molecule has 3 rings (SSSR count). The molecule has 0 aliphatic heterocycles. The maximum atomic E-state index is 6.30. The van der Waals surface area contributed by atoms with Crippen molar-refractivity contribution in [1.29, 1.82) is 0 Å². The van der Waals surface area contributed by atoms with Gasteiger partial charge in [-0.05, 0) is 54.2 Å². The Morgan fingerprint density at radius 1 is 1.21 bits per heavy atom. The summed E-state index contributed by atoms with van der Waals surface area (Å²) >= 11 is 5.96. The van der Waals surface area contributed by atoms with Crippen LogP contribution in [-0.4, -0.2) is 4.57 Å². The van der Waals surface area contributed by atoms with E-state index in [-0.39, 0.29) is 11.5 Å². The Labute approximate surface area is 119 Å². The molecule has 2 nitrogen and oxygen atoms in total. The number of nitrogens with two attached hydrogens (primary N) is 1. The molecule has 1 heterocycles. The summed E-state index contributed by atoms with van der Waals surface area (Å²) in [6.07, 6.45) is 4.23. The summed E-state index contributed by atoms with van der Waals surface area (Å²) in [7, 11) is 0. The zero-order chi connectivity index (χ0) is 13.6. The van der Waals surface area contributed by atoms with Gasteiger partial charge in [-0.1, -0.05) is 25.4 Å². The van der Waals surface area contributed by atoms with Crippen molar-refractivity contribution in [3.63, 3.8) is 0 Å². The standard InChI is InChI=1S/C16H19ClN2/c1-16(2)9-14(18)13-7-8-19(15(13)10-16)12-5-3-11(17)4-6-12/h3-8,14H,9-10,18H2,1-2H3. The van der Waals surface area contributed by atoms with Crippen molar-refractivity contribution in [2.24, 2.45) is 11.1 Å². The van der Waals surface area contributed by atoms with E-state index >= 15 is 0 Å².